The van der Waals surface area contributed by atoms with Gasteiger partial charge in [-0.1, -0.05) is 13.8 Å². The lowest BCUT2D eigenvalue weighted by atomic mass is 10.1. The van der Waals surface area contributed by atoms with E-state index < -0.39 is 0 Å². The van der Waals surface area contributed by atoms with E-state index in [0.717, 1.165) is 26.2 Å². The van der Waals surface area contributed by atoms with Gasteiger partial charge in [-0.15, -0.1) is 12.4 Å². The quantitative estimate of drug-likeness (QED) is 0.719. The second-order valence-electron chi connectivity index (χ2n) is 5.90. The maximum Gasteiger partial charge on any atom is 0.236 e. The Morgan fingerprint density at radius 3 is 2.29 bits per heavy atom. The lowest BCUT2D eigenvalue weighted by Gasteiger charge is -2.29. The van der Waals surface area contributed by atoms with Crippen molar-refractivity contribution in [1.82, 2.24) is 20.4 Å². The van der Waals surface area contributed by atoms with Crippen molar-refractivity contribution < 1.29 is 9.59 Å². The van der Waals surface area contributed by atoms with Crippen molar-refractivity contribution in [3.05, 3.63) is 0 Å². The van der Waals surface area contributed by atoms with Crippen molar-refractivity contribution in [3.8, 4) is 0 Å². The molecule has 1 fully saturated rings. The Kier molecular flexibility index (Phi) is 9.57. The summed E-state index contributed by atoms with van der Waals surface area (Å²) in [6, 6.07) is 0.153. The molecule has 0 spiro atoms. The lowest BCUT2D eigenvalue weighted by Crippen LogP contribution is -2.50. The predicted molar refractivity (Wildman–Crippen MR) is 86.6 cm³/mol. The van der Waals surface area contributed by atoms with E-state index in [1.165, 1.54) is 0 Å². The first-order valence-corrected chi connectivity index (χ1v) is 7.36. The molecule has 1 atom stereocenters. The van der Waals surface area contributed by atoms with E-state index in [2.05, 4.69) is 24.5 Å². The standard InChI is InChI=1S/C14H28N4O2.ClH/c1-11(2)12(3)16-13(19)9-17(4)10-14(20)18-7-5-15-6-8-18;/h11-12,15H,5-10H2,1-4H3,(H,16,19);1H. The maximum absolute atomic E-state index is 12.0. The molecule has 1 rings (SSSR count). The number of carbonyl (C=O) groups excluding carboxylic acids is 2. The van der Waals surface area contributed by atoms with E-state index >= 15 is 0 Å². The van der Waals surface area contributed by atoms with Crippen LogP contribution >= 0.6 is 12.4 Å². The van der Waals surface area contributed by atoms with Crippen LogP contribution in [0.4, 0.5) is 0 Å². The minimum atomic E-state index is -0.0261. The van der Waals surface area contributed by atoms with Crippen LogP contribution in [-0.2, 0) is 9.59 Å². The fourth-order valence-electron chi connectivity index (χ4n) is 2.01. The Morgan fingerprint density at radius 1 is 1.19 bits per heavy atom. The van der Waals surface area contributed by atoms with E-state index in [1.54, 1.807) is 11.9 Å². The molecule has 0 aromatic carbocycles. The van der Waals surface area contributed by atoms with Crippen LogP contribution in [0.25, 0.3) is 0 Å². The van der Waals surface area contributed by atoms with Crippen molar-refractivity contribution in [3.63, 3.8) is 0 Å². The number of nitrogens with zero attached hydrogens (tertiary/aromatic N) is 2. The molecule has 1 aliphatic rings. The highest BCUT2D eigenvalue weighted by atomic mass is 35.5. The van der Waals surface area contributed by atoms with Crippen molar-refractivity contribution in [2.45, 2.75) is 26.8 Å². The van der Waals surface area contributed by atoms with Gasteiger partial charge in [-0.25, -0.2) is 0 Å². The third-order valence-corrected chi connectivity index (χ3v) is 3.68. The van der Waals surface area contributed by atoms with Crippen LogP contribution in [0.15, 0.2) is 0 Å². The average molecular weight is 321 g/mol. The highest BCUT2D eigenvalue weighted by Crippen LogP contribution is 2.00. The van der Waals surface area contributed by atoms with Gasteiger partial charge < -0.3 is 15.5 Å². The summed E-state index contributed by atoms with van der Waals surface area (Å²) in [5, 5.41) is 6.16. The maximum atomic E-state index is 12.0. The molecule has 0 aliphatic carbocycles. The van der Waals surface area contributed by atoms with E-state index in [0.29, 0.717) is 12.5 Å². The highest BCUT2D eigenvalue weighted by Gasteiger charge is 2.19. The Labute approximate surface area is 134 Å². The topological polar surface area (TPSA) is 64.7 Å². The van der Waals surface area contributed by atoms with Gasteiger partial charge in [0.05, 0.1) is 13.1 Å². The summed E-state index contributed by atoms with van der Waals surface area (Å²) in [5.74, 6) is 0.479. The molecule has 0 aromatic heterocycles. The van der Waals surface area contributed by atoms with Crippen LogP contribution in [0.5, 0.6) is 0 Å². The van der Waals surface area contributed by atoms with Gasteiger partial charge in [-0.05, 0) is 19.9 Å². The number of rotatable bonds is 6. The summed E-state index contributed by atoms with van der Waals surface area (Å²) in [4.78, 5) is 27.5. The number of likely N-dealkylation sites (N-methyl/N-ethyl adjacent to an activating group) is 1. The van der Waals surface area contributed by atoms with Crippen molar-refractivity contribution in [1.29, 1.82) is 0 Å². The normalized spacial score (nSPS) is 16.6. The monoisotopic (exact) mass is 320 g/mol. The fraction of sp³-hybridized carbons (Fsp3) is 0.857. The van der Waals surface area contributed by atoms with E-state index in [1.807, 2.05) is 11.8 Å². The minimum Gasteiger partial charge on any atom is -0.352 e. The molecule has 1 unspecified atom stereocenters. The van der Waals surface area contributed by atoms with Gasteiger partial charge in [-0.2, -0.15) is 0 Å². The molecule has 21 heavy (non-hydrogen) atoms. The first-order valence-electron chi connectivity index (χ1n) is 7.36. The average Bonchev–Trinajstić information content (AvgIpc) is 2.39. The van der Waals surface area contributed by atoms with E-state index in [-0.39, 0.29) is 36.8 Å². The Balaban J connectivity index is 0.00000400. The number of hydrogen-bond acceptors (Lipinski definition) is 4. The molecule has 2 N–H and O–H groups in total. The largest absolute Gasteiger partial charge is 0.352 e. The molecule has 1 aliphatic heterocycles. The first kappa shape index (κ1) is 20.1. The highest BCUT2D eigenvalue weighted by molar-refractivity contribution is 5.85. The van der Waals surface area contributed by atoms with Crippen molar-refractivity contribution >= 4 is 24.2 Å². The van der Waals surface area contributed by atoms with Gasteiger partial charge in [0.2, 0.25) is 11.8 Å². The summed E-state index contributed by atoms with van der Waals surface area (Å²) >= 11 is 0. The number of amides is 2. The Hall–Kier alpha value is -0.850. The molecule has 0 saturated carbocycles. The number of carbonyl (C=O) groups is 2. The summed E-state index contributed by atoms with van der Waals surface area (Å²) in [5.41, 5.74) is 0. The predicted octanol–water partition coefficient (Wildman–Crippen LogP) is -0.0675. The fourth-order valence-corrected chi connectivity index (χ4v) is 2.01. The number of halogens is 1. The smallest absolute Gasteiger partial charge is 0.236 e. The lowest BCUT2D eigenvalue weighted by molar-refractivity contribution is -0.133. The molecule has 1 saturated heterocycles. The third-order valence-electron chi connectivity index (χ3n) is 3.68. The van der Waals surface area contributed by atoms with Gasteiger partial charge in [0, 0.05) is 32.2 Å². The summed E-state index contributed by atoms with van der Waals surface area (Å²) in [6.45, 7) is 9.90. The van der Waals surface area contributed by atoms with Crippen LogP contribution in [0, 0.1) is 5.92 Å². The number of piperazine rings is 1. The molecule has 0 radical (unpaired) electrons. The molecular weight excluding hydrogens is 292 g/mol. The SMILES string of the molecule is CC(C)C(C)NC(=O)CN(C)CC(=O)N1CCNCC1.Cl. The Morgan fingerprint density at radius 2 is 1.76 bits per heavy atom. The third kappa shape index (κ3) is 7.64. The molecule has 2 amide bonds. The second kappa shape index (κ2) is 9.97. The van der Waals surface area contributed by atoms with E-state index in [4.69, 9.17) is 0 Å². The minimum absolute atomic E-state index is 0. The van der Waals surface area contributed by atoms with Crippen LogP contribution in [-0.4, -0.2) is 74.0 Å². The molecule has 124 valence electrons. The molecular formula is C14H29ClN4O2. The zero-order chi connectivity index (χ0) is 15.1. The molecule has 0 aromatic rings. The van der Waals surface area contributed by atoms with Crippen LogP contribution in [0.2, 0.25) is 0 Å². The van der Waals surface area contributed by atoms with Crippen LogP contribution < -0.4 is 10.6 Å². The number of hydrogen-bond donors (Lipinski definition) is 2. The zero-order valence-electron chi connectivity index (χ0n) is 13.5. The van der Waals surface area contributed by atoms with Crippen LogP contribution in [0.1, 0.15) is 20.8 Å². The first-order chi connectivity index (χ1) is 9.40. The van der Waals surface area contributed by atoms with Crippen LogP contribution in [0.3, 0.4) is 0 Å². The van der Waals surface area contributed by atoms with Gasteiger partial charge in [0.25, 0.3) is 0 Å². The van der Waals surface area contributed by atoms with Crippen molar-refractivity contribution in [2.75, 3.05) is 46.3 Å². The Bertz CT molecular complexity index is 333. The number of nitrogens with one attached hydrogen (secondary N) is 2. The summed E-state index contributed by atoms with van der Waals surface area (Å²) in [7, 11) is 1.81. The van der Waals surface area contributed by atoms with E-state index in [9.17, 15) is 9.59 Å². The van der Waals surface area contributed by atoms with Gasteiger partial charge in [0.15, 0.2) is 0 Å². The summed E-state index contributed by atoms with van der Waals surface area (Å²) in [6.07, 6.45) is 0. The second-order valence-corrected chi connectivity index (χ2v) is 5.90. The summed E-state index contributed by atoms with van der Waals surface area (Å²) < 4.78 is 0. The van der Waals surface area contributed by atoms with Gasteiger partial charge >= 0.3 is 0 Å². The molecule has 6 nitrogen and oxygen atoms in total. The van der Waals surface area contributed by atoms with Gasteiger partial charge in [0.1, 0.15) is 0 Å². The molecule has 7 heteroatoms. The zero-order valence-corrected chi connectivity index (χ0v) is 14.3. The molecule has 1 heterocycles. The molecule has 0 bridgehead atoms. The van der Waals surface area contributed by atoms with Gasteiger partial charge in [-0.3, -0.25) is 14.5 Å². The van der Waals surface area contributed by atoms with Crippen molar-refractivity contribution in [2.24, 2.45) is 5.92 Å².